The summed E-state index contributed by atoms with van der Waals surface area (Å²) in [6.45, 7) is 8.10. The number of aliphatic hydroxyl groups is 1. The maximum Gasteiger partial charge on any atom is 0.148 e. The van der Waals surface area contributed by atoms with Gasteiger partial charge in [-0.15, -0.1) is 0 Å². The predicted octanol–water partition coefficient (Wildman–Crippen LogP) is 5.23. The third kappa shape index (κ3) is 10.7. The molecule has 1 atom stereocenters. The highest BCUT2D eigenvalue weighted by molar-refractivity contribution is 5.65. The SMILES string of the molecule is C.CCCCOCC(C)(C)C#Cc1cc(N)c(F)cc1NCC(O)COCc1ccccc1. The van der Waals surface area contributed by atoms with Gasteiger partial charge in [0, 0.05) is 30.2 Å². The van der Waals surface area contributed by atoms with Crippen molar-refractivity contribution in [1.29, 1.82) is 0 Å². The molecule has 0 radical (unpaired) electrons. The zero-order valence-electron chi connectivity index (χ0n) is 19.3. The van der Waals surface area contributed by atoms with E-state index in [2.05, 4.69) is 24.1 Å². The van der Waals surface area contributed by atoms with Crippen LogP contribution in [-0.2, 0) is 16.1 Å². The molecule has 6 heteroatoms. The average Bonchev–Trinajstić information content (AvgIpc) is 2.77. The molecule has 4 N–H and O–H groups in total. The standard InChI is InChI=1S/C26H35FN2O3.CH4/c1-4-5-13-31-19-26(2,3)12-11-21-14-24(28)23(27)15-25(21)29-16-22(30)18-32-17-20-9-7-6-8-10-20;/h6-10,14-15,22,29-30H,4-5,13,16-19,28H2,1-3H3;1H4. The summed E-state index contributed by atoms with van der Waals surface area (Å²) in [5, 5.41) is 13.3. The Morgan fingerprint density at radius 1 is 1.18 bits per heavy atom. The van der Waals surface area contributed by atoms with Gasteiger partial charge in [0.15, 0.2) is 0 Å². The Hall–Kier alpha value is -2.59. The Morgan fingerprint density at radius 3 is 2.61 bits per heavy atom. The van der Waals surface area contributed by atoms with Crippen LogP contribution < -0.4 is 11.1 Å². The minimum Gasteiger partial charge on any atom is -0.396 e. The van der Waals surface area contributed by atoms with Crippen LogP contribution in [0.25, 0.3) is 0 Å². The number of hydrogen-bond donors (Lipinski definition) is 3. The number of nitrogen functional groups attached to an aromatic ring is 1. The van der Waals surface area contributed by atoms with Crippen molar-refractivity contribution in [1.82, 2.24) is 0 Å². The van der Waals surface area contributed by atoms with E-state index in [4.69, 9.17) is 15.2 Å². The lowest BCUT2D eigenvalue weighted by Gasteiger charge is -2.18. The second-order valence-corrected chi connectivity index (χ2v) is 8.49. The summed E-state index contributed by atoms with van der Waals surface area (Å²) in [7, 11) is 0. The lowest BCUT2D eigenvalue weighted by atomic mass is 9.95. The average molecular weight is 459 g/mol. The molecule has 0 saturated heterocycles. The van der Waals surface area contributed by atoms with Gasteiger partial charge in [0.25, 0.3) is 0 Å². The Morgan fingerprint density at radius 2 is 1.91 bits per heavy atom. The van der Waals surface area contributed by atoms with Gasteiger partial charge < -0.3 is 25.6 Å². The fourth-order valence-electron chi connectivity index (χ4n) is 2.86. The second-order valence-electron chi connectivity index (χ2n) is 8.49. The lowest BCUT2D eigenvalue weighted by molar-refractivity contribution is 0.0348. The molecule has 0 amide bonds. The first-order valence-corrected chi connectivity index (χ1v) is 11.0. The third-order valence-electron chi connectivity index (χ3n) is 4.73. The van der Waals surface area contributed by atoms with Crippen molar-refractivity contribution in [2.75, 3.05) is 37.4 Å². The highest BCUT2D eigenvalue weighted by atomic mass is 19.1. The third-order valence-corrected chi connectivity index (χ3v) is 4.73. The molecule has 0 aliphatic rings. The van der Waals surface area contributed by atoms with Crippen LogP contribution >= 0.6 is 0 Å². The molecule has 0 aromatic heterocycles. The molecule has 1 unspecified atom stereocenters. The van der Waals surface area contributed by atoms with Gasteiger partial charge in [0.05, 0.1) is 37.3 Å². The molecule has 0 aliphatic heterocycles. The first-order valence-electron chi connectivity index (χ1n) is 11.0. The van der Waals surface area contributed by atoms with Crippen LogP contribution in [0, 0.1) is 23.1 Å². The minimum absolute atomic E-state index is 0. The maximum absolute atomic E-state index is 14.1. The van der Waals surface area contributed by atoms with Gasteiger partial charge in [-0.1, -0.05) is 62.9 Å². The van der Waals surface area contributed by atoms with Crippen molar-refractivity contribution in [2.45, 2.75) is 53.8 Å². The van der Waals surface area contributed by atoms with Gasteiger partial charge in [0.2, 0.25) is 0 Å². The Kier molecular flexibility index (Phi) is 12.5. The fraction of sp³-hybridized carbons (Fsp3) is 0.481. The van der Waals surface area contributed by atoms with Crippen LogP contribution in [0.5, 0.6) is 0 Å². The number of anilines is 2. The van der Waals surface area contributed by atoms with Gasteiger partial charge in [-0.05, 0) is 31.9 Å². The predicted molar refractivity (Wildman–Crippen MR) is 135 cm³/mol. The number of aliphatic hydroxyl groups excluding tert-OH is 1. The number of nitrogens with two attached hydrogens (primary N) is 1. The highest BCUT2D eigenvalue weighted by Gasteiger charge is 2.15. The summed E-state index contributed by atoms with van der Waals surface area (Å²) >= 11 is 0. The summed E-state index contributed by atoms with van der Waals surface area (Å²) in [6, 6.07) is 12.6. The first-order chi connectivity index (χ1) is 15.3. The molecule has 5 nitrogen and oxygen atoms in total. The Labute approximate surface area is 198 Å². The molecule has 0 bridgehead atoms. The first kappa shape index (κ1) is 28.4. The molecular weight excluding hydrogens is 419 g/mol. The second kappa shape index (κ2) is 14.5. The van der Waals surface area contributed by atoms with Crippen molar-refractivity contribution >= 4 is 11.4 Å². The number of rotatable bonds is 12. The quantitative estimate of drug-likeness (QED) is 0.231. The Bertz CT molecular complexity index is 891. The molecule has 182 valence electrons. The number of hydrogen-bond acceptors (Lipinski definition) is 5. The summed E-state index contributed by atoms with van der Waals surface area (Å²) in [6.07, 6.45) is 1.34. The molecule has 0 fully saturated rings. The molecule has 0 heterocycles. The van der Waals surface area contributed by atoms with Crippen molar-refractivity contribution in [3.8, 4) is 11.8 Å². The molecule has 0 spiro atoms. The number of unbranched alkanes of at least 4 members (excludes halogenated alkanes) is 1. The molecule has 0 saturated carbocycles. The van der Waals surface area contributed by atoms with E-state index in [1.54, 1.807) is 0 Å². The van der Waals surface area contributed by atoms with E-state index in [0.717, 1.165) is 18.4 Å². The topological polar surface area (TPSA) is 76.7 Å². The molecule has 33 heavy (non-hydrogen) atoms. The van der Waals surface area contributed by atoms with Gasteiger partial charge >= 0.3 is 0 Å². The normalized spacial score (nSPS) is 11.8. The summed E-state index contributed by atoms with van der Waals surface area (Å²) in [4.78, 5) is 0. The van der Waals surface area contributed by atoms with Gasteiger partial charge in [-0.2, -0.15) is 0 Å². The summed E-state index contributed by atoms with van der Waals surface area (Å²) in [5.41, 5.74) is 7.51. The number of nitrogens with one attached hydrogen (secondary N) is 1. The van der Waals surface area contributed by atoms with Gasteiger partial charge in [-0.3, -0.25) is 0 Å². The monoisotopic (exact) mass is 458 g/mol. The maximum atomic E-state index is 14.1. The van der Waals surface area contributed by atoms with E-state index in [0.29, 0.717) is 31.1 Å². The zero-order valence-corrected chi connectivity index (χ0v) is 19.3. The zero-order chi connectivity index (χ0) is 23.4. The van der Waals surface area contributed by atoms with E-state index >= 15 is 0 Å². The van der Waals surface area contributed by atoms with Gasteiger partial charge in [-0.25, -0.2) is 4.39 Å². The van der Waals surface area contributed by atoms with Crippen LogP contribution in [0.15, 0.2) is 42.5 Å². The minimum atomic E-state index is -0.761. The largest absolute Gasteiger partial charge is 0.396 e. The number of benzene rings is 2. The van der Waals surface area contributed by atoms with E-state index < -0.39 is 11.9 Å². The molecular formula is C27H39FN2O3. The van der Waals surface area contributed by atoms with Crippen LogP contribution in [0.4, 0.5) is 15.8 Å². The van der Waals surface area contributed by atoms with E-state index in [9.17, 15) is 9.50 Å². The number of ether oxygens (including phenoxy) is 2. The lowest BCUT2D eigenvalue weighted by Crippen LogP contribution is -2.25. The smallest absolute Gasteiger partial charge is 0.148 e. The van der Waals surface area contributed by atoms with Crippen molar-refractivity contribution in [2.24, 2.45) is 5.41 Å². The van der Waals surface area contributed by atoms with Crippen molar-refractivity contribution < 1.29 is 19.0 Å². The summed E-state index contributed by atoms with van der Waals surface area (Å²) in [5.74, 6) is 5.77. The molecule has 2 aromatic rings. The van der Waals surface area contributed by atoms with Crippen LogP contribution in [0.1, 0.15) is 52.2 Å². The van der Waals surface area contributed by atoms with Crippen LogP contribution in [0.3, 0.4) is 0 Å². The van der Waals surface area contributed by atoms with Crippen molar-refractivity contribution in [3.05, 3.63) is 59.4 Å². The fourth-order valence-corrected chi connectivity index (χ4v) is 2.86. The van der Waals surface area contributed by atoms with Gasteiger partial charge in [0.1, 0.15) is 5.82 Å². The summed E-state index contributed by atoms with van der Waals surface area (Å²) < 4.78 is 25.3. The molecule has 0 aliphatic carbocycles. The van der Waals surface area contributed by atoms with E-state index in [1.165, 1.54) is 12.1 Å². The van der Waals surface area contributed by atoms with E-state index in [-0.39, 0.29) is 31.7 Å². The number of halogens is 1. The van der Waals surface area contributed by atoms with E-state index in [1.807, 2.05) is 44.2 Å². The highest BCUT2D eigenvalue weighted by Crippen LogP contribution is 2.23. The van der Waals surface area contributed by atoms with Crippen LogP contribution in [0.2, 0.25) is 0 Å². The molecule has 2 aromatic carbocycles. The van der Waals surface area contributed by atoms with Crippen LogP contribution in [-0.4, -0.2) is 37.6 Å². The van der Waals surface area contributed by atoms with Crippen molar-refractivity contribution in [3.63, 3.8) is 0 Å². The molecule has 2 rings (SSSR count). The Balaban J connectivity index is 0.00000544.